The van der Waals surface area contributed by atoms with E-state index in [9.17, 15) is 9.18 Å². The van der Waals surface area contributed by atoms with Crippen molar-refractivity contribution in [3.8, 4) is 5.88 Å². The van der Waals surface area contributed by atoms with Crippen LogP contribution in [0.5, 0.6) is 5.88 Å². The van der Waals surface area contributed by atoms with Crippen molar-refractivity contribution in [1.82, 2.24) is 4.98 Å². The third-order valence-corrected chi connectivity index (χ3v) is 1.04. The van der Waals surface area contributed by atoms with Crippen molar-refractivity contribution in [1.29, 1.82) is 0 Å². The van der Waals surface area contributed by atoms with Crippen LogP contribution in [0.3, 0.4) is 0 Å². The minimum Gasteiger partial charge on any atom is -0.479 e. The van der Waals surface area contributed by atoms with Gasteiger partial charge in [-0.15, -0.1) is 0 Å². The Morgan fingerprint density at radius 2 is 2.50 bits per heavy atom. The molecule has 0 saturated heterocycles. The molecule has 0 aliphatic heterocycles. The number of hydrogen-bond acceptors (Lipinski definition) is 3. The van der Waals surface area contributed by atoms with E-state index in [4.69, 9.17) is 5.11 Å². The number of nitrogens with zero attached hydrogens (tertiary/aromatic N) is 1. The van der Waals surface area contributed by atoms with Crippen LogP contribution in [0.2, 0.25) is 0 Å². The molecule has 0 aliphatic rings. The van der Waals surface area contributed by atoms with E-state index in [-0.39, 0.29) is 5.88 Å². The van der Waals surface area contributed by atoms with Gasteiger partial charge in [-0.05, 0) is 6.07 Å². The second-order valence-corrected chi connectivity index (χ2v) is 1.99. The Balaban J connectivity index is 2.57. The molecular formula is C7H6FNO3. The van der Waals surface area contributed by atoms with Crippen LogP contribution in [0.15, 0.2) is 18.3 Å². The number of hydrogen-bond donors (Lipinski definition) is 1. The number of aromatic nitrogens is 1. The van der Waals surface area contributed by atoms with Gasteiger partial charge in [0.1, 0.15) is 5.82 Å². The van der Waals surface area contributed by atoms with Crippen molar-refractivity contribution in [2.45, 2.75) is 0 Å². The average Bonchev–Trinajstić information content (AvgIpc) is 2.01. The Morgan fingerprint density at radius 1 is 1.75 bits per heavy atom. The normalized spacial score (nSPS) is 9.42. The lowest BCUT2D eigenvalue weighted by molar-refractivity contribution is -0.139. The van der Waals surface area contributed by atoms with Crippen LogP contribution in [0.4, 0.5) is 4.39 Å². The van der Waals surface area contributed by atoms with Crippen molar-refractivity contribution in [2.24, 2.45) is 0 Å². The maximum Gasteiger partial charge on any atom is 0.341 e. The minimum atomic E-state index is -1.12. The highest BCUT2D eigenvalue weighted by Crippen LogP contribution is 2.06. The van der Waals surface area contributed by atoms with Gasteiger partial charge in [0.25, 0.3) is 0 Å². The van der Waals surface area contributed by atoms with Crippen molar-refractivity contribution in [3.63, 3.8) is 0 Å². The maximum absolute atomic E-state index is 12.4. The molecule has 1 N–H and O–H groups in total. The Morgan fingerprint density at radius 3 is 3.08 bits per heavy atom. The van der Waals surface area contributed by atoms with Gasteiger partial charge >= 0.3 is 5.97 Å². The van der Waals surface area contributed by atoms with Gasteiger partial charge in [0.05, 0.1) is 0 Å². The number of carboxylic acid groups (broad SMARTS) is 1. The zero-order valence-corrected chi connectivity index (χ0v) is 6.03. The first-order valence-electron chi connectivity index (χ1n) is 3.14. The second kappa shape index (κ2) is 3.66. The number of aliphatic carboxylic acids is 1. The van der Waals surface area contributed by atoms with Crippen LogP contribution in [0.25, 0.3) is 0 Å². The first-order chi connectivity index (χ1) is 5.68. The van der Waals surface area contributed by atoms with Gasteiger partial charge in [0.15, 0.2) is 6.61 Å². The van der Waals surface area contributed by atoms with Gasteiger partial charge in [-0.2, -0.15) is 0 Å². The van der Waals surface area contributed by atoms with Crippen LogP contribution in [0, 0.1) is 5.82 Å². The molecule has 0 aliphatic carbocycles. The van der Waals surface area contributed by atoms with Crippen LogP contribution < -0.4 is 4.74 Å². The molecule has 0 bridgehead atoms. The lowest BCUT2D eigenvalue weighted by Gasteiger charge is -1.99. The molecule has 1 heterocycles. The van der Waals surface area contributed by atoms with E-state index in [0.29, 0.717) is 0 Å². The summed E-state index contributed by atoms with van der Waals surface area (Å²) in [7, 11) is 0. The highest BCUT2D eigenvalue weighted by Gasteiger charge is 2.00. The topological polar surface area (TPSA) is 59.4 Å². The maximum atomic E-state index is 12.4. The number of rotatable bonds is 3. The van der Waals surface area contributed by atoms with Gasteiger partial charge in [0.2, 0.25) is 5.88 Å². The van der Waals surface area contributed by atoms with Crippen LogP contribution in [-0.2, 0) is 4.79 Å². The minimum absolute atomic E-state index is 0.0302. The van der Waals surface area contributed by atoms with E-state index >= 15 is 0 Å². The molecule has 0 amide bonds. The summed E-state index contributed by atoms with van der Waals surface area (Å²) < 4.78 is 17.0. The first kappa shape index (κ1) is 8.45. The Labute approximate surface area is 67.6 Å². The summed E-state index contributed by atoms with van der Waals surface area (Å²) in [4.78, 5) is 13.6. The molecule has 1 aromatic heterocycles. The zero-order chi connectivity index (χ0) is 8.97. The summed E-state index contributed by atoms with van der Waals surface area (Å²) in [5.41, 5.74) is 0. The standard InChI is InChI=1S/C7H6FNO3/c8-5-1-2-9-6(3-5)12-4-7(10)11/h1-3H,4H2,(H,10,11). The number of carbonyl (C=O) groups is 1. The monoisotopic (exact) mass is 171 g/mol. The van der Waals surface area contributed by atoms with Crippen molar-refractivity contribution in [2.75, 3.05) is 6.61 Å². The highest BCUT2D eigenvalue weighted by atomic mass is 19.1. The summed E-state index contributed by atoms with van der Waals surface area (Å²) in [5.74, 6) is -1.66. The van der Waals surface area contributed by atoms with Gasteiger partial charge in [-0.1, -0.05) is 0 Å². The summed E-state index contributed by atoms with van der Waals surface area (Å²) in [5, 5.41) is 8.20. The lowest BCUT2D eigenvalue weighted by atomic mass is 10.5. The quantitative estimate of drug-likeness (QED) is 0.726. The summed E-state index contributed by atoms with van der Waals surface area (Å²) in [6.07, 6.45) is 1.20. The van der Waals surface area contributed by atoms with Crippen LogP contribution >= 0.6 is 0 Å². The van der Waals surface area contributed by atoms with Crippen molar-refractivity contribution >= 4 is 5.97 Å². The summed E-state index contributed by atoms with van der Waals surface area (Å²) in [6.45, 7) is -0.517. The van der Waals surface area contributed by atoms with Crippen molar-refractivity contribution < 1.29 is 19.0 Å². The molecule has 0 saturated carbocycles. The fourth-order valence-corrected chi connectivity index (χ4v) is 0.600. The lowest BCUT2D eigenvalue weighted by Crippen LogP contribution is -2.10. The Kier molecular flexibility index (Phi) is 2.57. The van der Waals surface area contributed by atoms with E-state index in [0.717, 1.165) is 12.1 Å². The molecule has 0 unspecified atom stereocenters. The molecule has 0 aromatic carbocycles. The van der Waals surface area contributed by atoms with E-state index in [1.807, 2.05) is 0 Å². The molecule has 0 fully saturated rings. The summed E-state index contributed by atoms with van der Waals surface area (Å²) >= 11 is 0. The third-order valence-electron chi connectivity index (χ3n) is 1.04. The summed E-state index contributed by atoms with van der Waals surface area (Å²) in [6, 6.07) is 2.16. The number of pyridine rings is 1. The Hall–Kier alpha value is -1.65. The molecule has 0 radical (unpaired) electrons. The second-order valence-electron chi connectivity index (χ2n) is 1.99. The fraction of sp³-hybridized carbons (Fsp3) is 0.143. The SMILES string of the molecule is O=C(O)COc1cc(F)ccn1. The van der Waals surface area contributed by atoms with Gasteiger partial charge in [-0.3, -0.25) is 0 Å². The van der Waals surface area contributed by atoms with Crippen molar-refractivity contribution in [3.05, 3.63) is 24.1 Å². The number of ether oxygens (including phenoxy) is 1. The highest BCUT2D eigenvalue weighted by molar-refractivity contribution is 5.68. The number of halogens is 1. The molecule has 0 spiro atoms. The average molecular weight is 171 g/mol. The van der Waals surface area contributed by atoms with E-state index in [1.54, 1.807) is 0 Å². The molecule has 12 heavy (non-hydrogen) atoms. The largest absolute Gasteiger partial charge is 0.479 e. The Bertz CT molecular complexity index is 290. The molecule has 1 rings (SSSR count). The van der Waals surface area contributed by atoms with E-state index in [1.165, 1.54) is 6.20 Å². The predicted molar refractivity (Wildman–Crippen MR) is 37.3 cm³/mol. The molecule has 4 nitrogen and oxygen atoms in total. The molecule has 0 atom stereocenters. The predicted octanol–water partition coefficient (Wildman–Crippen LogP) is 0.684. The molecule has 1 aromatic rings. The third kappa shape index (κ3) is 2.53. The first-order valence-corrected chi connectivity index (χ1v) is 3.14. The van der Waals surface area contributed by atoms with Crippen LogP contribution in [-0.4, -0.2) is 22.7 Å². The molecular weight excluding hydrogens is 165 g/mol. The van der Waals surface area contributed by atoms with E-state index in [2.05, 4.69) is 9.72 Å². The molecule has 5 heteroatoms. The molecule has 64 valence electrons. The zero-order valence-electron chi connectivity index (χ0n) is 6.03. The van der Waals surface area contributed by atoms with Gasteiger partial charge in [-0.25, -0.2) is 14.2 Å². The van der Waals surface area contributed by atoms with Crippen LogP contribution in [0.1, 0.15) is 0 Å². The smallest absolute Gasteiger partial charge is 0.341 e. The fourth-order valence-electron chi connectivity index (χ4n) is 0.600. The number of carboxylic acids is 1. The van der Waals surface area contributed by atoms with Gasteiger partial charge in [0, 0.05) is 12.3 Å². The van der Waals surface area contributed by atoms with Gasteiger partial charge < -0.3 is 9.84 Å². The van der Waals surface area contributed by atoms with E-state index < -0.39 is 18.4 Å².